The van der Waals surface area contributed by atoms with E-state index in [4.69, 9.17) is 4.74 Å². The zero-order valence-electron chi connectivity index (χ0n) is 17.3. The van der Waals surface area contributed by atoms with Crippen LogP contribution in [-0.4, -0.2) is 28.8 Å². The number of nitro benzene ring substituents is 1. The van der Waals surface area contributed by atoms with E-state index in [1.807, 2.05) is 0 Å². The first-order valence-corrected chi connectivity index (χ1v) is 9.77. The van der Waals surface area contributed by atoms with Crippen LogP contribution in [0.3, 0.4) is 0 Å². The van der Waals surface area contributed by atoms with Crippen molar-refractivity contribution in [2.75, 3.05) is 12.0 Å². The van der Waals surface area contributed by atoms with Gasteiger partial charge in [-0.05, 0) is 42.0 Å². The standard InChI is InChI=1S/C24H17FN2O6/c1-33-19-11-5-14(6-12-19)21-20(22(28)15-3-2-4-18(13-15)27(31)32)23(29)24(30)26(21)17-9-7-16(25)8-10-17/h2-13,21,28H,1H3/b22-20-. The lowest BCUT2D eigenvalue weighted by atomic mass is 9.95. The number of halogens is 1. The number of amides is 1. The minimum Gasteiger partial charge on any atom is -0.507 e. The number of carbonyl (C=O) groups excluding carboxylic acids is 2. The Hall–Kier alpha value is -4.53. The topological polar surface area (TPSA) is 110 Å². The van der Waals surface area contributed by atoms with Crippen LogP contribution in [0, 0.1) is 15.9 Å². The second-order valence-corrected chi connectivity index (χ2v) is 7.23. The molecule has 3 aromatic rings. The quantitative estimate of drug-likeness (QED) is 0.204. The summed E-state index contributed by atoms with van der Waals surface area (Å²) in [6, 6.07) is 15.6. The summed E-state index contributed by atoms with van der Waals surface area (Å²) in [5.74, 6) is -2.43. The smallest absolute Gasteiger partial charge is 0.300 e. The molecule has 1 N–H and O–H groups in total. The number of non-ortho nitro benzene ring substituents is 1. The summed E-state index contributed by atoms with van der Waals surface area (Å²) in [6.07, 6.45) is 0. The highest BCUT2D eigenvalue weighted by Crippen LogP contribution is 2.42. The van der Waals surface area contributed by atoms with Gasteiger partial charge in [0.05, 0.1) is 23.6 Å². The van der Waals surface area contributed by atoms with Gasteiger partial charge in [-0.3, -0.25) is 24.6 Å². The molecule has 1 amide bonds. The zero-order chi connectivity index (χ0) is 23.7. The number of methoxy groups -OCH3 is 1. The summed E-state index contributed by atoms with van der Waals surface area (Å²) < 4.78 is 18.7. The van der Waals surface area contributed by atoms with Crippen molar-refractivity contribution < 1.29 is 28.7 Å². The normalized spacial score (nSPS) is 17.3. The summed E-state index contributed by atoms with van der Waals surface area (Å²) in [4.78, 5) is 37.8. The molecule has 0 aliphatic carbocycles. The van der Waals surface area contributed by atoms with Crippen molar-refractivity contribution in [2.45, 2.75) is 6.04 Å². The van der Waals surface area contributed by atoms with Crippen LogP contribution in [0.5, 0.6) is 5.75 Å². The predicted octanol–water partition coefficient (Wildman–Crippen LogP) is 4.37. The van der Waals surface area contributed by atoms with Gasteiger partial charge in [0.2, 0.25) is 0 Å². The summed E-state index contributed by atoms with van der Waals surface area (Å²) in [5, 5.41) is 22.2. The largest absolute Gasteiger partial charge is 0.507 e. The fraction of sp³-hybridized carbons (Fsp3) is 0.0833. The Morgan fingerprint density at radius 2 is 1.73 bits per heavy atom. The Labute approximate surface area is 187 Å². The molecule has 9 heteroatoms. The van der Waals surface area contributed by atoms with Crippen molar-refractivity contribution in [3.8, 4) is 5.75 Å². The highest BCUT2D eigenvalue weighted by molar-refractivity contribution is 6.51. The van der Waals surface area contributed by atoms with Crippen molar-refractivity contribution in [1.29, 1.82) is 0 Å². The van der Waals surface area contributed by atoms with Gasteiger partial charge >= 0.3 is 0 Å². The number of hydrogen-bond donors (Lipinski definition) is 1. The third kappa shape index (κ3) is 3.91. The lowest BCUT2D eigenvalue weighted by Gasteiger charge is -2.25. The number of aliphatic hydroxyl groups excluding tert-OH is 1. The van der Waals surface area contributed by atoms with Crippen LogP contribution in [0.4, 0.5) is 15.8 Å². The first kappa shape index (κ1) is 21.7. The molecule has 1 fully saturated rings. The number of ether oxygens (including phenoxy) is 1. The van der Waals surface area contributed by atoms with E-state index in [-0.39, 0.29) is 22.5 Å². The van der Waals surface area contributed by atoms with Crippen molar-refractivity contribution in [1.82, 2.24) is 0 Å². The number of nitrogens with zero attached hydrogens (tertiary/aromatic N) is 2. The van der Waals surface area contributed by atoms with Crippen molar-refractivity contribution in [3.63, 3.8) is 0 Å². The van der Waals surface area contributed by atoms with E-state index in [1.54, 1.807) is 24.3 Å². The van der Waals surface area contributed by atoms with E-state index < -0.39 is 34.2 Å². The third-order valence-corrected chi connectivity index (χ3v) is 5.31. The lowest BCUT2D eigenvalue weighted by molar-refractivity contribution is -0.384. The van der Waals surface area contributed by atoms with E-state index in [2.05, 4.69) is 0 Å². The van der Waals surface area contributed by atoms with Crippen LogP contribution < -0.4 is 9.64 Å². The van der Waals surface area contributed by atoms with E-state index in [0.29, 0.717) is 11.3 Å². The molecule has 1 unspecified atom stereocenters. The number of hydrogen-bond acceptors (Lipinski definition) is 6. The van der Waals surface area contributed by atoms with Crippen LogP contribution in [0.15, 0.2) is 78.4 Å². The van der Waals surface area contributed by atoms with Gasteiger partial charge in [-0.15, -0.1) is 0 Å². The molecule has 166 valence electrons. The fourth-order valence-corrected chi connectivity index (χ4v) is 3.72. The van der Waals surface area contributed by atoms with Crippen molar-refractivity contribution in [3.05, 3.63) is 105 Å². The summed E-state index contributed by atoms with van der Waals surface area (Å²) in [5.41, 5.74) is 0.214. The Bertz CT molecular complexity index is 1290. The Kier molecular flexibility index (Phi) is 5.61. The molecule has 1 aliphatic heterocycles. The van der Waals surface area contributed by atoms with Gasteiger partial charge in [-0.2, -0.15) is 0 Å². The maximum Gasteiger partial charge on any atom is 0.300 e. The second kappa shape index (κ2) is 8.54. The summed E-state index contributed by atoms with van der Waals surface area (Å²) in [6.45, 7) is 0. The van der Waals surface area contributed by atoms with E-state index >= 15 is 0 Å². The molecule has 0 spiro atoms. The molecule has 0 bridgehead atoms. The van der Waals surface area contributed by atoms with Gasteiger partial charge in [0.25, 0.3) is 17.4 Å². The van der Waals surface area contributed by atoms with Crippen LogP contribution in [-0.2, 0) is 9.59 Å². The summed E-state index contributed by atoms with van der Waals surface area (Å²) in [7, 11) is 1.49. The number of nitro groups is 1. The second-order valence-electron chi connectivity index (χ2n) is 7.23. The van der Waals surface area contributed by atoms with Gasteiger partial charge in [0, 0.05) is 23.4 Å². The van der Waals surface area contributed by atoms with Gasteiger partial charge in [-0.25, -0.2) is 4.39 Å². The molecule has 1 atom stereocenters. The molecule has 1 saturated heterocycles. The SMILES string of the molecule is COc1ccc(C2/C(=C(/O)c3cccc([N+](=O)[O-])c3)C(=O)C(=O)N2c2ccc(F)cc2)cc1. The molecule has 1 heterocycles. The number of aliphatic hydroxyl groups is 1. The third-order valence-electron chi connectivity index (χ3n) is 5.31. The van der Waals surface area contributed by atoms with Crippen LogP contribution in [0.2, 0.25) is 0 Å². The van der Waals surface area contributed by atoms with E-state index in [0.717, 1.165) is 23.1 Å². The number of benzene rings is 3. The summed E-state index contributed by atoms with van der Waals surface area (Å²) >= 11 is 0. The van der Waals surface area contributed by atoms with Gasteiger partial charge in [-0.1, -0.05) is 24.3 Å². The molecule has 8 nitrogen and oxygen atoms in total. The highest BCUT2D eigenvalue weighted by Gasteiger charge is 2.47. The molecule has 1 aliphatic rings. The van der Waals surface area contributed by atoms with E-state index in [9.17, 15) is 29.2 Å². The molecule has 33 heavy (non-hydrogen) atoms. The number of rotatable bonds is 5. The molecular formula is C24H17FN2O6. The first-order valence-electron chi connectivity index (χ1n) is 9.77. The average molecular weight is 448 g/mol. The first-order chi connectivity index (χ1) is 15.8. The minimum absolute atomic E-state index is 0.0137. The molecule has 4 rings (SSSR count). The highest BCUT2D eigenvalue weighted by atomic mass is 19.1. The zero-order valence-corrected chi connectivity index (χ0v) is 17.3. The minimum atomic E-state index is -1.05. The maximum absolute atomic E-state index is 13.5. The molecule has 0 radical (unpaired) electrons. The monoisotopic (exact) mass is 448 g/mol. The molecule has 3 aromatic carbocycles. The average Bonchev–Trinajstić information content (AvgIpc) is 3.09. The lowest BCUT2D eigenvalue weighted by Crippen LogP contribution is -2.29. The predicted molar refractivity (Wildman–Crippen MR) is 117 cm³/mol. The Morgan fingerprint density at radius 3 is 2.33 bits per heavy atom. The molecular weight excluding hydrogens is 431 g/mol. The van der Waals surface area contributed by atoms with Crippen molar-refractivity contribution in [2.24, 2.45) is 0 Å². The van der Waals surface area contributed by atoms with E-state index in [1.165, 1.54) is 37.4 Å². The van der Waals surface area contributed by atoms with Crippen LogP contribution in [0.1, 0.15) is 17.2 Å². The van der Waals surface area contributed by atoms with Crippen LogP contribution in [0.25, 0.3) is 5.76 Å². The Balaban J connectivity index is 1.93. The van der Waals surface area contributed by atoms with Gasteiger partial charge < -0.3 is 9.84 Å². The number of anilines is 1. The van der Waals surface area contributed by atoms with Crippen LogP contribution >= 0.6 is 0 Å². The van der Waals surface area contributed by atoms with Gasteiger partial charge in [0.1, 0.15) is 17.3 Å². The molecule has 0 saturated carbocycles. The maximum atomic E-state index is 13.5. The fourth-order valence-electron chi connectivity index (χ4n) is 3.72. The van der Waals surface area contributed by atoms with Gasteiger partial charge in [0.15, 0.2) is 0 Å². The number of ketones is 1. The number of Topliss-reactive ketones (excluding diaryl/α,β-unsaturated/α-hetero) is 1. The van der Waals surface area contributed by atoms with Crippen molar-refractivity contribution >= 4 is 28.8 Å². The number of carbonyl (C=O) groups is 2. The Morgan fingerprint density at radius 1 is 1.06 bits per heavy atom. The molecule has 0 aromatic heterocycles.